The van der Waals surface area contributed by atoms with E-state index in [0.29, 0.717) is 24.3 Å². The lowest BCUT2D eigenvalue weighted by atomic mass is 10.1. The lowest BCUT2D eigenvalue weighted by Gasteiger charge is -2.11. The largest absolute Gasteiger partial charge is 0.417 e. The van der Waals surface area contributed by atoms with E-state index < -0.39 is 11.4 Å². The van der Waals surface area contributed by atoms with Gasteiger partial charge in [0.2, 0.25) is 0 Å². The molecule has 114 valence electrons. The first-order valence-corrected chi connectivity index (χ1v) is 7.90. The first-order valence-electron chi connectivity index (χ1n) is 6.90. The third-order valence-electron chi connectivity index (χ3n) is 2.99. The first kappa shape index (κ1) is 16.0. The minimum Gasteiger partial charge on any atom is -0.371 e. The highest BCUT2D eigenvalue weighted by molar-refractivity contribution is 7.75. The Balaban J connectivity index is 2.11. The van der Waals surface area contributed by atoms with Gasteiger partial charge in [-0.25, -0.2) is 0 Å². The van der Waals surface area contributed by atoms with Crippen LogP contribution in [-0.4, -0.2) is 4.21 Å². The van der Waals surface area contributed by atoms with Gasteiger partial charge in [-0.1, -0.05) is 48.6 Å². The Morgan fingerprint density at radius 2 is 1.23 bits per heavy atom. The van der Waals surface area contributed by atoms with E-state index >= 15 is 0 Å². The van der Waals surface area contributed by atoms with Crippen molar-refractivity contribution in [1.29, 1.82) is 0 Å². The second kappa shape index (κ2) is 8.20. The maximum Gasteiger partial charge on any atom is 0.417 e. The molecule has 3 nitrogen and oxygen atoms in total. The Morgan fingerprint density at radius 1 is 0.818 bits per heavy atom. The Kier molecular flexibility index (Phi) is 5.98. The number of hydrogen-bond acceptors (Lipinski definition) is 3. The molecule has 4 heteroatoms. The molecule has 0 unspecified atom stereocenters. The molecule has 0 atom stereocenters. The van der Waals surface area contributed by atoms with Crippen LogP contribution in [0.2, 0.25) is 0 Å². The molecule has 0 bridgehead atoms. The molecule has 0 aliphatic heterocycles. The first-order chi connectivity index (χ1) is 10.7. The van der Waals surface area contributed by atoms with Gasteiger partial charge in [-0.05, 0) is 36.1 Å². The summed E-state index contributed by atoms with van der Waals surface area (Å²) in [5, 5.41) is 0. The van der Waals surface area contributed by atoms with Crippen molar-refractivity contribution >= 4 is 11.4 Å². The molecular formula is C18H18O3S. The summed E-state index contributed by atoms with van der Waals surface area (Å²) in [6.07, 6.45) is 4.82. The molecule has 0 N–H and O–H groups in total. The highest BCUT2D eigenvalue weighted by Crippen LogP contribution is 2.23. The van der Waals surface area contributed by atoms with Crippen molar-refractivity contribution in [1.82, 2.24) is 0 Å². The minimum absolute atomic E-state index is 0.530. The Morgan fingerprint density at radius 3 is 1.64 bits per heavy atom. The summed E-state index contributed by atoms with van der Waals surface area (Å²) >= 11 is -1.92. The SMILES string of the molecule is C=CCc1ccccc1OS(=O)Oc1ccccc1CC=C. The molecular weight excluding hydrogens is 296 g/mol. The lowest BCUT2D eigenvalue weighted by Crippen LogP contribution is -2.10. The Labute approximate surface area is 133 Å². The van der Waals surface area contributed by atoms with Gasteiger partial charge in [0.15, 0.2) is 0 Å². The van der Waals surface area contributed by atoms with Crippen molar-refractivity contribution in [2.75, 3.05) is 0 Å². The number of benzene rings is 2. The van der Waals surface area contributed by atoms with E-state index in [1.807, 2.05) is 36.4 Å². The van der Waals surface area contributed by atoms with E-state index in [1.165, 1.54) is 0 Å². The van der Waals surface area contributed by atoms with E-state index in [-0.39, 0.29) is 0 Å². The van der Waals surface area contributed by atoms with Crippen LogP contribution >= 0.6 is 0 Å². The quantitative estimate of drug-likeness (QED) is 0.686. The van der Waals surface area contributed by atoms with E-state index in [2.05, 4.69) is 13.2 Å². The fourth-order valence-corrected chi connectivity index (χ4v) is 2.63. The van der Waals surface area contributed by atoms with Gasteiger partial charge in [-0.15, -0.1) is 13.2 Å². The molecule has 2 rings (SSSR count). The van der Waals surface area contributed by atoms with E-state index in [9.17, 15) is 4.21 Å². The van der Waals surface area contributed by atoms with Gasteiger partial charge >= 0.3 is 11.4 Å². The highest BCUT2D eigenvalue weighted by Gasteiger charge is 2.11. The fraction of sp³-hybridized carbons (Fsp3) is 0.111. The summed E-state index contributed by atoms with van der Waals surface area (Å²) in [6, 6.07) is 14.8. The molecule has 0 amide bonds. The number of allylic oxidation sites excluding steroid dienone is 2. The second-order valence-electron chi connectivity index (χ2n) is 4.57. The van der Waals surface area contributed by atoms with Gasteiger partial charge in [0.1, 0.15) is 11.5 Å². The maximum atomic E-state index is 12.1. The van der Waals surface area contributed by atoms with Crippen molar-refractivity contribution in [2.45, 2.75) is 12.8 Å². The average Bonchev–Trinajstić information content (AvgIpc) is 2.52. The zero-order valence-corrected chi connectivity index (χ0v) is 13.1. The van der Waals surface area contributed by atoms with Crippen molar-refractivity contribution in [3.05, 3.63) is 85.0 Å². The van der Waals surface area contributed by atoms with Crippen LogP contribution in [0, 0.1) is 0 Å². The molecule has 22 heavy (non-hydrogen) atoms. The Hall–Kier alpha value is -2.33. The summed E-state index contributed by atoms with van der Waals surface area (Å²) in [4.78, 5) is 0. The molecule has 0 spiro atoms. The third kappa shape index (κ3) is 4.33. The lowest BCUT2D eigenvalue weighted by molar-refractivity contribution is 0.458. The van der Waals surface area contributed by atoms with Gasteiger partial charge in [0.05, 0.1) is 0 Å². The van der Waals surface area contributed by atoms with E-state index in [4.69, 9.17) is 8.37 Å². The molecule has 0 heterocycles. The van der Waals surface area contributed by atoms with Crippen LogP contribution in [0.1, 0.15) is 11.1 Å². The monoisotopic (exact) mass is 314 g/mol. The smallest absolute Gasteiger partial charge is 0.371 e. The van der Waals surface area contributed by atoms with Crippen LogP contribution < -0.4 is 8.37 Å². The predicted octanol–water partition coefficient (Wildman–Crippen LogP) is 4.18. The van der Waals surface area contributed by atoms with Crippen molar-refractivity contribution in [2.24, 2.45) is 0 Å². The predicted molar refractivity (Wildman–Crippen MR) is 90.1 cm³/mol. The summed E-state index contributed by atoms with van der Waals surface area (Å²) in [5.41, 5.74) is 1.82. The number of hydrogen-bond donors (Lipinski definition) is 0. The fourth-order valence-electron chi connectivity index (χ4n) is 1.98. The molecule has 2 aromatic rings. The number of rotatable bonds is 8. The summed E-state index contributed by atoms with van der Waals surface area (Å²) < 4.78 is 22.9. The minimum atomic E-state index is -1.92. The molecule has 0 aromatic heterocycles. The molecule has 0 saturated heterocycles. The topological polar surface area (TPSA) is 35.5 Å². The van der Waals surface area contributed by atoms with Crippen LogP contribution in [0.15, 0.2) is 73.8 Å². The van der Waals surface area contributed by atoms with Crippen LogP contribution in [0.5, 0.6) is 11.5 Å². The van der Waals surface area contributed by atoms with Crippen LogP contribution in [0.3, 0.4) is 0 Å². The molecule has 2 aromatic carbocycles. The third-order valence-corrected chi connectivity index (χ3v) is 3.62. The molecule has 0 aliphatic rings. The van der Waals surface area contributed by atoms with Gasteiger partial charge in [0, 0.05) is 0 Å². The van der Waals surface area contributed by atoms with E-state index in [1.54, 1.807) is 24.3 Å². The zero-order chi connectivity index (χ0) is 15.8. The van der Waals surface area contributed by atoms with Gasteiger partial charge in [-0.3, -0.25) is 0 Å². The zero-order valence-electron chi connectivity index (χ0n) is 12.2. The van der Waals surface area contributed by atoms with Crippen molar-refractivity contribution in [3.8, 4) is 11.5 Å². The Bertz CT molecular complexity index is 622. The molecule has 0 aliphatic carbocycles. The van der Waals surface area contributed by atoms with Gasteiger partial charge in [-0.2, -0.15) is 4.21 Å². The molecule has 0 radical (unpaired) electrons. The van der Waals surface area contributed by atoms with E-state index in [0.717, 1.165) is 11.1 Å². The van der Waals surface area contributed by atoms with Gasteiger partial charge < -0.3 is 8.37 Å². The standard InChI is InChI=1S/C18H18O3S/c1-3-9-15-11-5-7-13-17(15)20-22(19)21-18-14-8-6-12-16(18)10-4-2/h3-8,11-14H,1-2,9-10H2. The number of para-hydroxylation sites is 2. The summed E-state index contributed by atoms with van der Waals surface area (Å²) in [7, 11) is 0. The van der Waals surface area contributed by atoms with Gasteiger partial charge in [0.25, 0.3) is 0 Å². The highest BCUT2D eigenvalue weighted by atomic mass is 32.2. The second-order valence-corrected chi connectivity index (χ2v) is 5.31. The normalized spacial score (nSPS) is 10.2. The molecule has 0 saturated carbocycles. The van der Waals surface area contributed by atoms with Crippen LogP contribution in [-0.2, 0) is 24.2 Å². The van der Waals surface area contributed by atoms with Crippen LogP contribution in [0.4, 0.5) is 0 Å². The summed E-state index contributed by atoms with van der Waals surface area (Å²) in [6.45, 7) is 7.41. The summed E-state index contributed by atoms with van der Waals surface area (Å²) in [5.74, 6) is 1.06. The average molecular weight is 314 g/mol. The van der Waals surface area contributed by atoms with Crippen molar-refractivity contribution in [3.63, 3.8) is 0 Å². The van der Waals surface area contributed by atoms with Crippen molar-refractivity contribution < 1.29 is 12.6 Å². The molecule has 0 fully saturated rings. The maximum absolute atomic E-state index is 12.1. The van der Waals surface area contributed by atoms with Crippen LogP contribution in [0.25, 0.3) is 0 Å².